The Hall–Kier alpha value is -1.38. The van der Waals surface area contributed by atoms with Gasteiger partial charge in [-0.05, 0) is 24.5 Å². The number of aryl methyl sites for hydroxylation is 1. The summed E-state index contributed by atoms with van der Waals surface area (Å²) in [6, 6.07) is 1.64. The van der Waals surface area contributed by atoms with Gasteiger partial charge in [-0.25, -0.2) is 4.79 Å². The molecular formula is C10H13NO2. The molecule has 0 unspecified atom stereocenters. The fraction of sp³-hybridized carbons (Fsp3) is 0.400. The number of nitrogens with zero attached hydrogens (tertiary/aromatic N) is 1. The molecule has 1 rings (SSSR count). The van der Waals surface area contributed by atoms with Crippen molar-refractivity contribution in [2.24, 2.45) is 0 Å². The predicted molar refractivity (Wildman–Crippen MR) is 50.0 cm³/mol. The fourth-order valence-corrected chi connectivity index (χ4v) is 1.09. The normalized spacial score (nSPS) is 10.5. The Labute approximate surface area is 77.4 Å². The van der Waals surface area contributed by atoms with Gasteiger partial charge in [-0.1, -0.05) is 13.8 Å². The second kappa shape index (κ2) is 3.56. The topological polar surface area (TPSA) is 50.2 Å². The second-order valence-corrected chi connectivity index (χ2v) is 3.38. The maximum atomic E-state index is 10.8. The van der Waals surface area contributed by atoms with E-state index in [2.05, 4.69) is 4.98 Å². The third-order valence-corrected chi connectivity index (χ3v) is 1.95. The highest BCUT2D eigenvalue weighted by molar-refractivity contribution is 5.89. The molecule has 1 aromatic rings. The first-order valence-corrected chi connectivity index (χ1v) is 4.22. The summed E-state index contributed by atoms with van der Waals surface area (Å²) in [5.41, 5.74) is 1.87. The Morgan fingerprint density at radius 1 is 1.54 bits per heavy atom. The molecule has 3 heteroatoms. The summed E-state index contributed by atoms with van der Waals surface area (Å²) in [7, 11) is 0. The van der Waals surface area contributed by atoms with Gasteiger partial charge in [0, 0.05) is 11.9 Å². The maximum Gasteiger partial charge on any atom is 0.336 e. The fourth-order valence-electron chi connectivity index (χ4n) is 1.09. The number of carboxylic acid groups (broad SMARTS) is 1. The van der Waals surface area contributed by atoms with Gasteiger partial charge in [0.25, 0.3) is 0 Å². The van der Waals surface area contributed by atoms with E-state index in [1.807, 2.05) is 13.8 Å². The molecule has 0 aliphatic carbocycles. The van der Waals surface area contributed by atoms with Crippen molar-refractivity contribution < 1.29 is 9.90 Å². The van der Waals surface area contributed by atoms with Crippen molar-refractivity contribution in [1.29, 1.82) is 0 Å². The van der Waals surface area contributed by atoms with Crippen LogP contribution in [0.1, 0.15) is 41.4 Å². The van der Waals surface area contributed by atoms with E-state index < -0.39 is 5.97 Å². The summed E-state index contributed by atoms with van der Waals surface area (Å²) < 4.78 is 0. The molecule has 0 saturated carbocycles. The van der Waals surface area contributed by atoms with Crippen molar-refractivity contribution >= 4 is 5.97 Å². The highest BCUT2D eigenvalue weighted by Gasteiger charge is 2.10. The molecule has 0 radical (unpaired) electrons. The molecule has 1 aromatic heterocycles. The standard InChI is InChI=1S/C10H13NO2/c1-6(2)9-4-8(10(12)13)7(3)5-11-9/h4-6H,1-3H3,(H,12,13). The number of aromatic carboxylic acids is 1. The minimum absolute atomic E-state index is 0.263. The van der Waals surface area contributed by atoms with Crippen LogP contribution in [0.2, 0.25) is 0 Å². The van der Waals surface area contributed by atoms with Gasteiger partial charge in [0.2, 0.25) is 0 Å². The highest BCUT2D eigenvalue weighted by atomic mass is 16.4. The van der Waals surface area contributed by atoms with Crippen LogP contribution < -0.4 is 0 Å². The molecule has 1 N–H and O–H groups in total. The summed E-state index contributed by atoms with van der Waals surface area (Å²) >= 11 is 0. The van der Waals surface area contributed by atoms with Crippen LogP contribution in [0.25, 0.3) is 0 Å². The lowest BCUT2D eigenvalue weighted by Gasteiger charge is -2.06. The minimum Gasteiger partial charge on any atom is -0.478 e. The Morgan fingerprint density at radius 2 is 2.15 bits per heavy atom. The van der Waals surface area contributed by atoms with Crippen LogP contribution in [0.15, 0.2) is 12.3 Å². The monoisotopic (exact) mass is 179 g/mol. The maximum absolute atomic E-state index is 10.8. The molecule has 1 heterocycles. The molecule has 0 aromatic carbocycles. The molecule has 0 bridgehead atoms. The Bertz CT molecular complexity index is 332. The van der Waals surface area contributed by atoms with Crippen LogP contribution in [-0.4, -0.2) is 16.1 Å². The summed E-state index contributed by atoms with van der Waals surface area (Å²) in [5.74, 6) is -0.625. The van der Waals surface area contributed by atoms with Crippen LogP contribution in [0, 0.1) is 6.92 Å². The molecule has 0 fully saturated rings. The number of carbonyl (C=O) groups is 1. The largest absolute Gasteiger partial charge is 0.478 e. The molecule has 70 valence electrons. The second-order valence-electron chi connectivity index (χ2n) is 3.38. The highest BCUT2D eigenvalue weighted by Crippen LogP contribution is 2.15. The van der Waals surface area contributed by atoms with E-state index in [0.29, 0.717) is 11.1 Å². The van der Waals surface area contributed by atoms with Gasteiger partial charge in [0.1, 0.15) is 0 Å². The lowest BCUT2D eigenvalue weighted by atomic mass is 10.0. The molecule has 13 heavy (non-hydrogen) atoms. The van der Waals surface area contributed by atoms with Crippen molar-refractivity contribution in [1.82, 2.24) is 4.98 Å². The molecule has 3 nitrogen and oxygen atoms in total. The predicted octanol–water partition coefficient (Wildman–Crippen LogP) is 2.21. The van der Waals surface area contributed by atoms with Gasteiger partial charge in [0.05, 0.1) is 5.56 Å². The first kappa shape index (κ1) is 9.71. The average Bonchev–Trinajstić information content (AvgIpc) is 2.04. The number of hydrogen-bond acceptors (Lipinski definition) is 2. The van der Waals surface area contributed by atoms with Gasteiger partial charge < -0.3 is 5.11 Å². The Kier molecular flexibility index (Phi) is 2.66. The summed E-state index contributed by atoms with van der Waals surface area (Å²) in [4.78, 5) is 14.9. The van der Waals surface area contributed by atoms with E-state index in [9.17, 15) is 4.79 Å². The number of carboxylic acids is 1. The van der Waals surface area contributed by atoms with Crippen molar-refractivity contribution in [3.63, 3.8) is 0 Å². The van der Waals surface area contributed by atoms with Gasteiger partial charge in [-0.15, -0.1) is 0 Å². The Balaban J connectivity index is 3.19. The molecule has 0 saturated heterocycles. The molecule has 0 atom stereocenters. The lowest BCUT2D eigenvalue weighted by Crippen LogP contribution is -2.03. The van der Waals surface area contributed by atoms with Crippen LogP contribution in [-0.2, 0) is 0 Å². The van der Waals surface area contributed by atoms with Crippen molar-refractivity contribution in [3.8, 4) is 0 Å². The first-order chi connectivity index (χ1) is 6.02. The van der Waals surface area contributed by atoms with E-state index in [0.717, 1.165) is 5.69 Å². The summed E-state index contributed by atoms with van der Waals surface area (Å²) in [6.07, 6.45) is 1.61. The molecule has 0 aliphatic heterocycles. The number of rotatable bonds is 2. The minimum atomic E-state index is -0.887. The zero-order valence-corrected chi connectivity index (χ0v) is 8.03. The van der Waals surface area contributed by atoms with E-state index >= 15 is 0 Å². The zero-order chi connectivity index (χ0) is 10.0. The SMILES string of the molecule is Cc1cnc(C(C)C)cc1C(=O)O. The van der Waals surface area contributed by atoms with E-state index in [1.165, 1.54) is 0 Å². The van der Waals surface area contributed by atoms with Crippen LogP contribution in [0.4, 0.5) is 0 Å². The van der Waals surface area contributed by atoms with Gasteiger partial charge >= 0.3 is 5.97 Å². The molecule has 0 spiro atoms. The quantitative estimate of drug-likeness (QED) is 0.757. The van der Waals surface area contributed by atoms with Crippen molar-refractivity contribution in [2.75, 3.05) is 0 Å². The third-order valence-electron chi connectivity index (χ3n) is 1.95. The molecule has 0 amide bonds. The lowest BCUT2D eigenvalue weighted by molar-refractivity contribution is 0.0696. The van der Waals surface area contributed by atoms with Gasteiger partial charge in [0.15, 0.2) is 0 Å². The first-order valence-electron chi connectivity index (χ1n) is 4.22. The molecule has 0 aliphatic rings. The average molecular weight is 179 g/mol. The third kappa shape index (κ3) is 2.05. The zero-order valence-electron chi connectivity index (χ0n) is 8.03. The number of pyridine rings is 1. The van der Waals surface area contributed by atoms with E-state index in [4.69, 9.17) is 5.11 Å². The number of hydrogen-bond donors (Lipinski definition) is 1. The smallest absolute Gasteiger partial charge is 0.336 e. The van der Waals surface area contributed by atoms with Crippen LogP contribution in [0.5, 0.6) is 0 Å². The van der Waals surface area contributed by atoms with Crippen molar-refractivity contribution in [2.45, 2.75) is 26.7 Å². The number of aromatic nitrogens is 1. The van der Waals surface area contributed by atoms with Crippen LogP contribution >= 0.6 is 0 Å². The van der Waals surface area contributed by atoms with Gasteiger partial charge in [-0.2, -0.15) is 0 Å². The van der Waals surface area contributed by atoms with Crippen molar-refractivity contribution in [3.05, 3.63) is 29.1 Å². The Morgan fingerprint density at radius 3 is 2.62 bits per heavy atom. The van der Waals surface area contributed by atoms with E-state index in [-0.39, 0.29) is 5.92 Å². The summed E-state index contributed by atoms with van der Waals surface area (Å²) in [6.45, 7) is 5.73. The van der Waals surface area contributed by atoms with Gasteiger partial charge in [-0.3, -0.25) is 4.98 Å². The van der Waals surface area contributed by atoms with Crippen LogP contribution in [0.3, 0.4) is 0 Å². The molecular weight excluding hydrogens is 166 g/mol. The summed E-state index contributed by atoms with van der Waals surface area (Å²) in [5, 5.41) is 8.84. The van der Waals surface area contributed by atoms with E-state index in [1.54, 1.807) is 19.2 Å².